The summed E-state index contributed by atoms with van der Waals surface area (Å²) in [6.45, 7) is 0.920. The zero-order valence-electron chi connectivity index (χ0n) is 8.77. The SMILES string of the molecule is CNCC(c1cccnc1)c1cc[nH]c1. The van der Waals surface area contributed by atoms with Crippen molar-refractivity contribution in [1.82, 2.24) is 15.3 Å². The van der Waals surface area contributed by atoms with Gasteiger partial charge in [0.15, 0.2) is 0 Å². The number of hydrogen-bond acceptors (Lipinski definition) is 2. The molecule has 0 radical (unpaired) electrons. The normalized spacial score (nSPS) is 12.6. The second-order valence-corrected chi connectivity index (χ2v) is 3.54. The molecule has 0 saturated heterocycles. The molecule has 1 unspecified atom stereocenters. The lowest BCUT2D eigenvalue weighted by Crippen LogP contribution is -2.17. The molecule has 2 heterocycles. The molecule has 0 amide bonds. The average molecular weight is 201 g/mol. The molecule has 0 aliphatic rings. The number of aromatic amines is 1. The van der Waals surface area contributed by atoms with Crippen LogP contribution in [-0.4, -0.2) is 23.6 Å². The Hall–Kier alpha value is -1.61. The smallest absolute Gasteiger partial charge is 0.0306 e. The molecule has 0 fully saturated rings. The van der Waals surface area contributed by atoms with Gasteiger partial charge in [-0.05, 0) is 30.3 Å². The Kier molecular flexibility index (Phi) is 3.15. The van der Waals surface area contributed by atoms with E-state index in [0.717, 1.165) is 6.54 Å². The molecule has 2 aromatic rings. The van der Waals surface area contributed by atoms with Gasteiger partial charge in [-0.1, -0.05) is 6.07 Å². The maximum atomic E-state index is 4.16. The summed E-state index contributed by atoms with van der Waals surface area (Å²) in [4.78, 5) is 7.25. The fourth-order valence-electron chi connectivity index (χ4n) is 1.77. The van der Waals surface area contributed by atoms with E-state index in [4.69, 9.17) is 0 Å². The first-order valence-electron chi connectivity index (χ1n) is 5.09. The zero-order chi connectivity index (χ0) is 10.5. The van der Waals surface area contributed by atoms with Crippen molar-refractivity contribution < 1.29 is 0 Å². The van der Waals surface area contributed by atoms with Crippen molar-refractivity contribution in [2.75, 3.05) is 13.6 Å². The largest absolute Gasteiger partial charge is 0.367 e. The average Bonchev–Trinajstić information content (AvgIpc) is 2.80. The minimum Gasteiger partial charge on any atom is -0.367 e. The van der Waals surface area contributed by atoms with Crippen LogP contribution in [0.4, 0.5) is 0 Å². The van der Waals surface area contributed by atoms with Crippen LogP contribution in [0.3, 0.4) is 0 Å². The molecule has 2 N–H and O–H groups in total. The topological polar surface area (TPSA) is 40.7 Å². The zero-order valence-corrected chi connectivity index (χ0v) is 8.77. The highest BCUT2D eigenvalue weighted by atomic mass is 14.8. The predicted octanol–water partition coefficient (Wildman–Crippen LogP) is 1.76. The fourth-order valence-corrected chi connectivity index (χ4v) is 1.77. The summed E-state index contributed by atoms with van der Waals surface area (Å²) in [6.07, 6.45) is 7.72. The molecule has 2 aromatic heterocycles. The Bertz CT molecular complexity index is 381. The van der Waals surface area contributed by atoms with Gasteiger partial charge in [-0.15, -0.1) is 0 Å². The molecule has 0 spiro atoms. The molecule has 3 nitrogen and oxygen atoms in total. The molecule has 3 heteroatoms. The quantitative estimate of drug-likeness (QED) is 0.791. The standard InChI is InChI=1S/C12H15N3/c1-13-9-12(11-4-6-15-8-11)10-3-2-5-14-7-10/h2-8,12-13,15H,9H2,1H3. The van der Waals surface area contributed by atoms with Gasteiger partial charge in [-0.25, -0.2) is 0 Å². The van der Waals surface area contributed by atoms with Crippen molar-refractivity contribution >= 4 is 0 Å². The van der Waals surface area contributed by atoms with Crippen LogP contribution in [0.15, 0.2) is 43.0 Å². The molecule has 2 rings (SSSR count). The third-order valence-electron chi connectivity index (χ3n) is 2.52. The van der Waals surface area contributed by atoms with E-state index in [-0.39, 0.29) is 0 Å². The number of H-pyrrole nitrogens is 1. The number of aromatic nitrogens is 2. The second-order valence-electron chi connectivity index (χ2n) is 3.54. The highest BCUT2D eigenvalue weighted by Crippen LogP contribution is 2.22. The first kappa shape index (κ1) is 9.93. The van der Waals surface area contributed by atoms with Crippen molar-refractivity contribution in [3.05, 3.63) is 54.1 Å². The van der Waals surface area contributed by atoms with Crippen LogP contribution >= 0.6 is 0 Å². The lowest BCUT2D eigenvalue weighted by Gasteiger charge is -2.15. The van der Waals surface area contributed by atoms with E-state index in [0.29, 0.717) is 5.92 Å². The fraction of sp³-hybridized carbons (Fsp3) is 0.250. The number of rotatable bonds is 4. The van der Waals surface area contributed by atoms with Crippen LogP contribution in [0.1, 0.15) is 17.0 Å². The van der Waals surface area contributed by atoms with E-state index in [2.05, 4.69) is 27.4 Å². The number of pyridine rings is 1. The highest BCUT2D eigenvalue weighted by Gasteiger charge is 2.13. The lowest BCUT2D eigenvalue weighted by atomic mass is 9.95. The first-order chi connectivity index (χ1) is 7.42. The summed E-state index contributed by atoms with van der Waals surface area (Å²) in [6, 6.07) is 6.20. The number of nitrogens with zero attached hydrogens (tertiary/aromatic N) is 1. The van der Waals surface area contributed by atoms with E-state index < -0.39 is 0 Å². The van der Waals surface area contributed by atoms with Gasteiger partial charge in [0, 0.05) is 37.3 Å². The van der Waals surface area contributed by atoms with Crippen LogP contribution in [0.2, 0.25) is 0 Å². The molecule has 0 bridgehead atoms. The molecular formula is C12H15N3. The summed E-state index contributed by atoms with van der Waals surface area (Å²) < 4.78 is 0. The van der Waals surface area contributed by atoms with E-state index in [9.17, 15) is 0 Å². The van der Waals surface area contributed by atoms with Crippen LogP contribution < -0.4 is 5.32 Å². The molecular weight excluding hydrogens is 186 g/mol. The van der Waals surface area contributed by atoms with Gasteiger partial charge in [-0.3, -0.25) is 4.98 Å². The third-order valence-corrected chi connectivity index (χ3v) is 2.52. The van der Waals surface area contributed by atoms with E-state index in [1.165, 1.54) is 11.1 Å². The summed E-state index contributed by atoms with van der Waals surface area (Å²) in [5.41, 5.74) is 2.53. The highest BCUT2D eigenvalue weighted by molar-refractivity contribution is 5.29. The molecule has 1 atom stereocenters. The first-order valence-corrected chi connectivity index (χ1v) is 5.09. The van der Waals surface area contributed by atoms with Gasteiger partial charge in [0.2, 0.25) is 0 Å². The van der Waals surface area contributed by atoms with Crippen molar-refractivity contribution in [2.45, 2.75) is 5.92 Å². The summed E-state index contributed by atoms with van der Waals surface area (Å²) >= 11 is 0. The third kappa shape index (κ3) is 2.25. The lowest BCUT2D eigenvalue weighted by molar-refractivity contribution is 0.706. The Labute approximate surface area is 89.6 Å². The van der Waals surface area contributed by atoms with Gasteiger partial charge < -0.3 is 10.3 Å². The monoisotopic (exact) mass is 201 g/mol. The summed E-state index contributed by atoms with van der Waals surface area (Å²) in [5.74, 6) is 0.370. The minimum atomic E-state index is 0.370. The van der Waals surface area contributed by atoms with Crippen LogP contribution in [0.5, 0.6) is 0 Å². The number of hydrogen-bond donors (Lipinski definition) is 2. The summed E-state index contributed by atoms with van der Waals surface area (Å²) in [7, 11) is 1.97. The predicted molar refractivity (Wildman–Crippen MR) is 60.8 cm³/mol. The van der Waals surface area contributed by atoms with Gasteiger partial charge in [0.25, 0.3) is 0 Å². The van der Waals surface area contributed by atoms with E-state index in [1.54, 1.807) is 6.20 Å². The molecule has 0 saturated carbocycles. The number of nitrogens with one attached hydrogen (secondary N) is 2. The van der Waals surface area contributed by atoms with Gasteiger partial charge in [0.05, 0.1) is 0 Å². The van der Waals surface area contributed by atoms with Crippen LogP contribution in [0, 0.1) is 0 Å². The Balaban J connectivity index is 2.28. The van der Waals surface area contributed by atoms with Crippen LogP contribution in [-0.2, 0) is 0 Å². The van der Waals surface area contributed by atoms with Crippen LogP contribution in [0.25, 0.3) is 0 Å². The van der Waals surface area contributed by atoms with Crippen molar-refractivity contribution in [2.24, 2.45) is 0 Å². The van der Waals surface area contributed by atoms with Gasteiger partial charge >= 0.3 is 0 Å². The van der Waals surface area contributed by atoms with Gasteiger partial charge in [-0.2, -0.15) is 0 Å². The molecule has 15 heavy (non-hydrogen) atoms. The Morgan fingerprint density at radius 3 is 2.93 bits per heavy atom. The van der Waals surface area contributed by atoms with E-state index >= 15 is 0 Å². The maximum Gasteiger partial charge on any atom is 0.0306 e. The minimum absolute atomic E-state index is 0.370. The Morgan fingerprint density at radius 1 is 1.40 bits per heavy atom. The molecule has 0 aliphatic carbocycles. The summed E-state index contributed by atoms with van der Waals surface area (Å²) in [5, 5.41) is 3.21. The number of likely N-dealkylation sites (N-methyl/N-ethyl adjacent to an activating group) is 1. The molecule has 0 aliphatic heterocycles. The second kappa shape index (κ2) is 4.75. The maximum absolute atomic E-state index is 4.16. The van der Waals surface area contributed by atoms with Gasteiger partial charge in [0.1, 0.15) is 0 Å². The van der Waals surface area contributed by atoms with Crippen molar-refractivity contribution in [3.8, 4) is 0 Å². The van der Waals surface area contributed by atoms with E-state index in [1.807, 2.05) is 31.7 Å². The molecule has 0 aromatic carbocycles. The van der Waals surface area contributed by atoms with Crippen molar-refractivity contribution in [1.29, 1.82) is 0 Å². The molecule has 78 valence electrons. The van der Waals surface area contributed by atoms with Crippen molar-refractivity contribution in [3.63, 3.8) is 0 Å². The Morgan fingerprint density at radius 2 is 2.33 bits per heavy atom.